The molecule has 0 N–H and O–H groups in total. The number of esters is 2. The average Bonchev–Trinajstić information content (AvgIpc) is 2.37. The minimum absolute atomic E-state index is 0.0865. The zero-order valence-electron chi connectivity index (χ0n) is 11.6. The SMILES string of the molecule is COc1ccc(N=CC2C(=O)OC(C)(C)OC2=O)c(Cl)n1. The summed E-state index contributed by atoms with van der Waals surface area (Å²) >= 11 is 5.91. The maximum Gasteiger partial charge on any atom is 0.329 e. The van der Waals surface area contributed by atoms with Crippen LogP contribution in [0.3, 0.4) is 0 Å². The Morgan fingerprint density at radius 1 is 1.33 bits per heavy atom. The zero-order valence-corrected chi connectivity index (χ0v) is 12.4. The van der Waals surface area contributed by atoms with E-state index in [0.717, 1.165) is 6.21 Å². The van der Waals surface area contributed by atoms with Crippen LogP contribution in [-0.2, 0) is 19.1 Å². The summed E-state index contributed by atoms with van der Waals surface area (Å²) in [6.07, 6.45) is 1.12. The summed E-state index contributed by atoms with van der Waals surface area (Å²) in [7, 11) is 1.46. The molecule has 0 aromatic carbocycles. The number of halogens is 1. The number of rotatable bonds is 3. The van der Waals surface area contributed by atoms with Crippen molar-refractivity contribution in [1.82, 2.24) is 4.98 Å². The number of ether oxygens (including phenoxy) is 3. The third-order valence-electron chi connectivity index (χ3n) is 2.58. The molecule has 0 unspecified atom stereocenters. The molecule has 0 radical (unpaired) electrons. The zero-order chi connectivity index (χ0) is 15.6. The molecule has 112 valence electrons. The number of methoxy groups -OCH3 is 1. The first-order valence-corrected chi connectivity index (χ1v) is 6.40. The molecule has 1 aromatic rings. The molecule has 0 atom stereocenters. The summed E-state index contributed by atoms with van der Waals surface area (Å²) in [5.41, 5.74) is 0.294. The number of nitrogens with zero attached hydrogens (tertiary/aromatic N) is 2. The second kappa shape index (κ2) is 5.69. The highest BCUT2D eigenvalue weighted by Gasteiger charge is 2.42. The third-order valence-corrected chi connectivity index (χ3v) is 2.85. The summed E-state index contributed by atoms with van der Waals surface area (Å²) in [6.45, 7) is 2.95. The van der Waals surface area contributed by atoms with Gasteiger partial charge in [-0.2, -0.15) is 4.98 Å². The number of aromatic nitrogens is 1. The molecule has 1 fully saturated rings. The monoisotopic (exact) mass is 312 g/mol. The van der Waals surface area contributed by atoms with Gasteiger partial charge in [0.1, 0.15) is 5.69 Å². The second-order valence-corrected chi connectivity index (χ2v) is 5.02. The van der Waals surface area contributed by atoms with E-state index >= 15 is 0 Å². The van der Waals surface area contributed by atoms with Crippen molar-refractivity contribution in [3.63, 3.8) is 0 Å². The molecule has 0 saturated carbocycles. The maximum absolute atomic E-state index is 11.7. The van der Waals surface area contributed by atoms with Crippen LogP contribution in [0.25, 0.3) is 0 Å². The van der Waals surface area contributed by atoms with Crippen LogP contribution in [0.1, 0.15) is 13.8 Å². The van der Waals surface area contributed by atoms with E-state index in [0.29, 0.717) is 11.6 Å². The molecule has 1 saturated heterocycles. The van der Waals surface area contributed by atoms with Crippen molar-refractivity contribution in [2.45, 2.75) is 19.6 Å². The largest absolute Gasteiger partial charge is 0.481 e. The molecule has 7 nitrogen and oxygen atoms in total. The maximum atomic E-state index is 11.7. The molecule has 2 rings (SSSR count). The summed E-state index contributed by atoms with van der Waals surface area (Å²) in [5.74, 6) is -3.61. The molecule has 0 aliphatic carbocycles. The Kier molecular flexibility index (Phi) is 4.13. The molecular formula is C13H13ClN2O5. The fraction of sp³-hybridized carbons (Fsp3) is 0.385. The van der Waals surface area contributed by atoms with E-state index in [9.17, 15) is 9.59 Å². The summed E-state index contributed by atoms with van der Waals surface area (Å²) in [5, 5.41) is 0.0865. The quantitative estimate of drug-likeness (QED) is 0.366. The number of hydrogen-bond acceptors (Lipinski definition) is 7. The fourth-order valence-corrected chi connectivity index (χ4v) is 1.82. The van der Waals surface area contributed by atoms with Crippen LogP contribution >= 0.6 is 11.6 Å². The van der Waals surface area contributed by atoms with Crippen molar-refractivity contribution in [1.29, 1.82) is 0 Å². The van der Waals surface area contributed by atoms with Gasteiger partial charge in [0.15, 0.2) is 11.1 Å². The molecular weight excluding hydrogens is 300 g/mol. The van der Waals surface area contributed by atoms with Gasteiger partial charge in [0, 0.05) is 26.1 Å². The minimum atomic E-state index is -1.27. The molecule has 0 amide bonds. The second-order valence-electron chi connectivity index (χ2n) is 4.66. The number of carbonyl (C=O) groups excluding carboxylic acids is 2. The molecule has 2 heterocycles. The molecule has 21 heavy (non-hydrogen) atoms. The van der Waals surface area contributed by atoms with E-state index in [2.05, 4.69) is 9.98 Å². The first-order valence-electron chi connectivity index (χ1n) is 6.03. The van der Waals surface area contributed by atoms with Gasteiger partial charge in [-0.1, -0.05) is 11.6 Å². The number of cyclic esters (lactones) is 2. The normalized spacial score (nSPS) is 18.5. The lowest BCUT2D eigenvalue weighted by molar-refractivity contribution is -0.235. The smallest absolute Gasteiger partial charge is 0.329 e. The van der Waals surface area contributed by atoms with Gasteiger partial charge in [-0.3, -0.25) is 14.6 Å². The molecule has 1 aliphatic rings. The molecule has 0 spiro atoms. The predicted octanol–water partition coefficient (Wildman–Crippen LogP) is 1.90. The highest BCUT2D eigenvalue weighted by atomic mass is 35.5. The van der Waals surface area contributed by atoms with Gasteiger partial charge in [0.2, 0.25) is 5.88 Å². The van der Waals surface area contributed by atoms with Gasteiger partial charge in [0.25, 0.3) is 5.79 Å². The van der Waals surface area contributed by atoms with Crippen LogP contribution in [0.4, 0.5) is 5.69 Å². The highest BCUT2D eigenvalue weighted by Crippen LogP contribution is 2.26. The van der Waals surface area contributed by atoms with Gasteiger partial charge in [-0.25, -0.2) is 0 Å². The van der Waals surface area contributed by atoms with E-state index in [1.807, 2.05) is 0 Å². The van der Waals surface area contributed by atoms with Gasteiger partial charge in [0.05, 0.1) is 7.11 Å². The number of hydrogen-bond donors (Lipinski definition) is 0. The van der Waals surface area contributed by atoms with E-state index in [1.165, 1.54) is 21.0 Å². The topological polar surface area (TPSA) is 87.1 Å². The van der Waals surface area contributed by atoms with Crippen molar-refractivity contribution in [3.8, 4) is 5.88 Å². The summed E-state index contributed by atoms with van der Waals surface area (Å²) < 4.78 is 14.8. The van der Waals surface area contributed by atoms with Crippen LogP contribution < -0.4 is 4.74 Å². The Balaban J connectivity index is 2.18. The number of carbonyl (C=O) groups is 2. The Bertz CT molecular complexity index is 595. The predicted molar refractivity (Wildman–Crippen MR) is 73.7 cm³/mol. The average molecular weight is 313 g/mol. The molecule has 1 aromatic heterocycles. The van der Waals surface area contributed by atoms with E-state index < -0.39 is 23.6 Å². The van der Waals surface area contributed by atoms with Crippen LogP contribution in [0.5, 0.6) is 5.88 Å². The van der Waals surface area contributed by atoms with Crippen molar-refractivity contribution in [2.75, 3.05) is 7.11 Å². The Labute approximate surface area is 125 Å². The Hall–Kier alpha value is -2.15. The van der Waals surface area contributed by atoms with Gasteiger partial charge < -0.3 is 14.2 Å². The Morgan fingerprint density at radius 2 is 1.95 bits per heavy atom. The number of pyridine rings is 1. The highest BCUT2D eigenvalue weighted by molar-refractivity contribution is 6.32. The van der Waals surface area contributed by atoms with Crippen LogP contribution in [0, 0.1) is 5.92 Å². The van der Waals surface area contributed by atoms with Crippen molar-refractivity contribution in [2.24, 2.45) is 10.9 Å². The lowest BCUT2D eigenvalue weighted by atomic mass is 10.1. The minimum Gasteiger partial charge on any atom is -0.481 e. The van der Waals surface area contributed by atoms with Crippen LogP contribution in [0.2, 0.25) is 5.15 Å². The van der Waals surface area contributed by atoms with Crippen LogP contribution in [0.15, 0.2) is 17.1 Å². The van der Waals surface area contributed by atoms with Gasteiger partial charge in [-0.15, -0.1) is 0 Å². The molecule has 0 bridgehead atoms. The first kappa shape index (κ1) is 15.2. The van der Waals surface area contributed by atoms with Gasteiger partial charge in [-0.05, 0) is 6.07 Å². The fourth-order valence-electron chi connectivity index (χ4n) is 1.63. The van der Waals surface area contributed by atoms with E-state index in [-0.39, 0.29) is 5.15 Å². The Morgan fingerprint density at radius 3 is 2.48 bits per heavy atom. The lowest BCUT2D eigenvalue weighted by Gasteiger charge is -2.31. The first-order chi connectivity index (χ1) is 9.82. The lowest BCUT2D eigenvalue weighted by Crippen LogP contribution is -2.46. The van der Waals surface area contributed by atoms with E-state index in [1.54, 1.807) is 12.1 Å². The van der Waals surface area contributed by atoms with Crippen molar-refractivity contribution in [3.05, 3.63) is 17.3 Å². The molecule has 1 aliphatic heterocycles. The summed E-state index contributed by atoms with van der Waals surface area (Å²) in [6, 6.07) is 3.10. The van der Waals surface area contributed by atoms with Crippen molar-refractivity contribution < 1.29 is 23.8 Å². The molecule has 8 heteroatoms. The number of aliphatic imine (C=N–C) groups is 1. The van der Waals surface area contributed by atoms with E-state index in [4.69, 9.17) is 25.8 Å². The van der Waals surface area contributed by atoms with Crippen LogP contribution in [-0.4, -0.2) is 36.0 Å². The van der Waals surface area contributed by atoms with Crippen molar-refractivity contribution >= 4 is 35.4 Å². The standard InChI is InChI=1S/C13H13ClN2O5/c1-13(2)20-11(17)7(12(18)21-13)6-15-8-4-5-9(19-3)16-10(8)14/h4-7H,1-3H3. The summed E-state index contributed by atoms with van der Waals surface area (Å²) in [4.78, 5) is 31.4. The van der Waals surface area contributed by atoms with Gasteiger partial charge >= 0.3 is 11.9 Å². The third kappa shape index (κ3) is 3.49.